The fourth-order valence-corrected chi connectivity index (χ4v) is 1.28. The first-order valence-electron chi connectivity index (χ1n) is 4.48. The van der Waals surface area contributed by atoms with Gasteiger partial charge in [-0.25, -0.2) is 0 Å². The average Bonchev–Trinajstić information content (AvgIpc) is 2.28. The van der Waals surface area contributed by atoms with Crippen LogP contribution in [0.1, 0.15) is 5.69 Å². The summed E-state index contributed by atoms with van der Waals surface area (Å²) in [5, 5.41) is 0.563. The van der Waals surface area contributed by atoms with E-state index in [2.05, 4.69) is 9.97 Å². The van der Waals surface area contributed by atoms with Crippen molar-refractivity contribution in [1.82, 2.24) is 9.97 Å². The highest BCUT2D eigenvalue weighted by Crippen LogP contribution is 2.15. The quantitative estimate of drug-likeness (QED) is 0.798. The van der Waals surface area contributed by atoms with Crippen LogP contribution in [0.5, 0.6) is 5.75 Å². The number of nitrogens with zero attached hydrogens (tertiary/aromatic N) is 2. The highest BCUT2D eigenvalue weighted by Gasteiger charge is 1.97. The van der Waals surface area contributed by atoms with E-state index in [0.717, 1.165) is 5.69 Å². The zero-order valence-corrected chi connectivity index (χ0v) is 8.69. The lowest BCUT2D eigenvalue weighted by Crippen LogP contribution is -1.97. The Morgan fingerprint density at radius 3 is 2.93 bits per heavy atom. The summed E-state index contributed by atoms with van der Waals surface area (Å²) in [6, 6.07) is 7.40. The molecule has 15 heavy (non-hydrogen) atoms. The topological polar surface area (TPSA) is 35.0 Å². The summed E-state index contributed by atoms with van der Waals surface area (Å²) in [5.41, 5.74) is 0.873. The Bertz CT molecular complexity index is 434. The first kappa shape index (κ1) is 9.93. The molecule has 0 saturated carbocycles. The van der Waals surface area contributed by atoms with Gasteiger partial charge in [-0.15, -0.1) is 0 Å². The van der Waals surface area contributed by atoms with Crippen molar-refractivity contribution >= 4 is 11.6 Å². The number of ether oxygens (including phenoxy) is 1. The SMILES string of the molecule is Clc1cncc(OCc2ccccn2)c1. The minimum Gasteiger partial charge on any atom is -0.486 e. The minimum atomic E-state index is 0.420. The monoisotopic (exact) mass is 220 g/mol. The Hall–Kier alpha value is -1.61. The van der Waals surface area contributed by atoms with E-state index in [0.29, 0.717) is 17.4 Å². The van der Waals surface area contributed by atoms with E-state index in [1.807, 2.05) is 18.2 Å². The van der Waals surface area contributed by atoms with Crippen molar-refractivity contribution in [3.63, 3.8) is 0 Å². The summed E-state index contributed by atoms with van der Waals surface area (Å²) in [4.78, 5) is 8.06. The lowest BCUT2D eigenvalue weighted by molar-refractivity contribution is 0.300. The summed E-state index contributed by atoms with van der Waals surface area (Å²) in [5.74, 6) is 0.646. The van der Waals surface area contributed by atoms with Gasteiger partial charge in [-0.05, 0) is 12.1 Å². The summed E-state index contributed by atoms with van der Waals surface area (Å²) in [6.07, 6.45) is 4.92. The first-order chi connectivity index (χ1) is 7.34. The molecule has 0 amide bonds. The van der Waals surface area contributed by atoms with Gasteiger partial charge < -0.3 is 4.74 Å². The largest absolute Gasteiger partial charge is 0.486 e. The molecule has 0 N–H and O–H groups in total. The molecule has 0 unspecified atom stereocenters. The maximum atomic E-state index is 5.77. The van der Waals surface area contributed by atoms with Gasteiger partial charge in [-0.2, -0.15) is 0 Å². The normalized spacial score (nSPS) is 9.93. The lowest BCUT2D eigenvalue weighted by atomic mass is 10.4. The fourth-order valence-electron chi connectivity index (χ4n) is 1.11. The van der Waals surface area contributed by atoms with Gasteiger partial charge >= 0.3 is 0 Å². The van der Waals surface area contributed by atoms with E-state index in [9.17, 15) is 0 Å². The number of hydrogen-bond donors (Lipinski definition) is 0. The highest BCUT2D eigenvalue weighted by molar-refractivity contribution is 6.30. The molecule has 0 bridgehead atoms. The van der Waals surface area contributed by atoms with Gasteiger partial charge in [-0.3, -0.25) is 9.97 Å². The Kier molecular flexibility index (Phi) is 3.15. The second-order valence-electron chi connectivity index (χ2n) is 2.95. The summed E-state index contributed by atoms with van der Waals surface area (Å²) in [6.45, 7) is 0.420. The van der Waals surface area contributed by atoms with Crippen LogP contribution in [0.2, 0.25) is 5.02 Å². The van der Waals surface area contributed by atoms with Crippen molar-refractivity contribution in [3.05, 3.63) is 53.6 Å². The zero-order chi connectivity index (χ0) is 10.5. The molecular formula is C11H9ClN2O. The van der Waals surface area contributed by atoms with Crippen LogP contribution in [0.15, 0.2) is 42.9 Å². The molecule has 0 aromatic carbocycles. The highest BCUT2D eigenvalue weighted by atomic mass is 35.5. The summed E-state index contributed by atoms with van der Waals surface area (Å²) in [7, 11) is 0. The van der Waals surface area contributed by atoms with Crippen molar-refractivity contribution in [2.45, 2.75) is 6.61 Å². The number of hydrogen-bond acceptors (Lipinski definition) is 3. The Labute approximate surface area is 92.7 Å². The Morgan fingerprint density at radius 2 is 2.20 bits per heavy atom. The molecule has 0 fully saturated rings. The van der Waals surface area contributed by atoms with E-state index in [4.69, 9.17) is 16.3 Å². The second kappa shape index (κ2) is 4.75. The van der Waals surface area contributed by atoms with Gasteiger partial charge in [0, 0.05) is 18.5 Å². The molecular weight excluding hydrogens is 212 g/mol. The average molecular weight is 221 g/mol. The van der Waals surface area contributed by atoms with Gasteiger partial charge in [-0.1, -0.05) is 17.7 Å². The van der Waals surface area contributed by atoms with Crippen molar-refractivity contribution in [2.24, 2.45) is 0 Å². The predicted molar refractivity (Wildman–Crippen MR) is 57.8 cm³/mol. The molecule has 0 saturated heterocycles. The molecule has 76 valence electrons. The molecule has 2 aromatic rings. The van der Waals surface area contributed by atoms with Crippen molar-refractivity contribution in [2.75, 3.05) is 0 Å². The van der Waals surface area contributed by atoms with E-state index in [-0.39, 0.29) is 0 Å². The third kappa shape index (κ3) is 2.92. The summed E-state index contributed by atoms with van der Waals surface area (Å²) < 4.78 is 5.46. The number of halogens is 1. The molecule has 4 heteroatoms. The number of aromatic nitrogens is 2. The smallest absolute Gasteiger partial charge is 0.139 e. The van der Waals surface area contributed by atoms with Crippen LogP contribution in [0.4, 0.5) is 0 Å². The van der Waals surface area contributed by atoms with Crippen LogP contribution >= 0.6 is 11.6 Å². The van der Waals surface area contributed by atoms with Crippen molar-refractivity contribution in [1.29, 1.82) is 0 Å². The van der Waals surface area contributed by atoms with Gasteiger partial charge in [0.15, 0.2) is 0 Å². The molecule has 0 aliphatic heterocycles. The molecule has 2 rings (SSSR count). The van der Waals surface area contributed by atoms with Gasteiger partial charge in [0.25, 0.3) is 0 Å². The van der Waals surface area contributed by atoms with Gasteiger partial charge in [0.1, 0.15) is 12.4 Å². The van der Waals surface area contributed by atoms with E-state index in [1.54, 1.807) is 24.7 Å². The van der Waals surface area contributed by atoms with Gasteiger partial charge in [0.2, 0.25) is 0 Å². The Morgan fingerprint density at radius 1 is 1.27 bits per heavy atom. The molecule has 0 atom stereocenters. The predicted octanol–water partition coefficient (Wildman–Crippen LogP) is 2.71. The number of pyridine rings is 2. The van der Waals surface area contributed by atoms with Crippen LogP contribution in [0.3, 0.4) is 0 Å². The molecule has 0 spiro atoms. The Balaban J connectivity index is 1.99. The molecule has 0 radical (unpaired) electrons. The molecule has 2 aromatic heterocycles. The molecule has 3 nitrogen and oxygen atoms in total. The van der Waals surface area contributed by atoms with Crippen LogP contribution < -0.4 is 4.74 Å². The van der Waals surface area contributed by atoms with E-state index < -0.39 is 0 Å². The third-order valence-electron chi connectivity index (χ3n) is 1.79. The lowest BCUT2D eigenvalue weighted by Gasteiger charge is -2.04. The van der Waals surface area contributed by atoms with Crippen LogP contribution in [0, 0.1) is 0 Å². The van der Waals surface area contributed by atoms with Crippen molar-refractivity contribution < 1.29 is 4.74 Å². The number of rotatable bonds is 3. The van der Waals surface area contributed by atoms with Crippen LogP contribution in [0.25, 0.3) is 0 Å². The first-order valence-corrected chi connectivity index (χ1v) is 4.85. The van der Waals surface area contributed by atoms with Crippen molar-refractivity contribution in [3.8, 4) is 5.75 Å². The minimum absolute atomic E-state index is 0.420. The van der Waals surface area contributed by atoms with Gasteiger partial charge in [0.05, 0.1) is 16.9 Å². The van der Waals surface area contributed by atoms with E-state index >= 15 is 0 Å². The van der Waals surface area contributed by atoms with Crippen LogP contribution in [-0.2, 0) is 6.61 Å². The zero-order valence-electron chi connectivity index (χ0n) is 7.93. The maximum absolute atomic E-state index is 5.77. The van der Waals surface area contributed by atoms with E-state index in [1.165, 1.54) is 0 Å². The molecule has 2 heterocycles. The fraction of sp³-hybridized carbons (Fsp3) is 0.0909. The second-order valence-corrected chi connectivity index (χ2v) is 3.39. The van der Waals surface area contributed by atoms with Crippen LogP contribution in [-0.4, -0.2) is 9.97 Å². The standard InChI is InChI=1S/C11H9ClN2O/c12-9-5-11(7-13-6-9)15-8-10-3-1-2-4-14-10/h1-7H,8H2. The molecule has 0 aliphatic carbocycles. The third-order valence-corrected chi connectivity index (χ3v) is 2.00. The maximum Gasteiger partial charge on any atom is 0.139 e. The molecule has 0 aliphatic rings. The summed E-state index contributed by atoms with van der Waals surface area (Å²) >= 11 is 5.77.